The molecule has 0 bridgehead atoms. The van der Waals surface area contributed by atoms with Gasteiger partial charge in [-0.15, -0.1) is 0 Å². The van der Waals surface area contributed by atoms with Crippen LogP contribution >= 0.6 is 0 Å². The molecule has 1 aliphatic heterocycles. The maximum atomic E-state index is 12.8. The van der Waals surface area contributed by atoms with Crippen LogP contribution in [0.5, 0.6) is 11.5 Å². The van der Waals surface area contributed by atoms with Crippen molar-refractivity contribution in [3.63, 3.8) is 0 Å². The van der Waals surface area contributed by atoms with E-state index in [1.54, 1.807) is 23.1 Å². The van der Waals surface area contributed by atoms with E-state index < -0.39 is 6.10 Å². The van der Waals surface area contributed by atoms with Crippen molar-refractivity contribution < 1.29 is 14.6 Å². The molecule has 0 saturated carbocycles. The van der Waals surface area contributed by atoms with Crippen molar-refractivity contribution in [3.8, 4) is 11.5 Å². The third-order valence-corrected chi connectivity index (χ3v) is 4.27. The van der Waals surface area contributed by atoms with Gasteiger partial charge in [0.05, 0.1) is 5.69 Å². The Morgan fingerprint density at radius 3 is 2.70 bits per heavy atom. The first-order chi connectivity index (χ1) is 11.0. The molecule has 1 N–H and O–H groups in total. The summed E-state index contributed by atoms with van der Waals surface area (Å²) in [5.41, 5.74) is 4.09. The zero-order valence-electron chi connectivity index (χ0n) is 13.7. The molecule has 0 aliphatic carbocycles. The highest BCUT2D eigenvalue weighted by molar-refractivity contribution is 6.00. The Hall–Kier alpha value is -2.49. The molecule has 0 spiro atoms. The molecule has 2 aromatic rings. The van der Waals surface area contributed by atoms with Crippen LogP contribution in [0.2, 0.25) is 0 Å². The minimum Gasteiger partial charge on any atom is -0.508 e. The highest BCUT2D eigenvalue weighted by atomic mass is 16.5. The maximum Gasteiger partial charge on any atom is 0.268 e. The van der Waals surface area contributed by atoms with Crippen LogP contribution in [0.15, 0.2) is 36.4 Å². The Labute approximate surface area is 136 Å². The van der Waals surface area contributed by atoms with Crippen LogP contribution in [-0.2, 0) is 11.2 Å². The van der Waals surface area contributed by atoms with Crippen LogP contribution in [-0.4, -0.2) is 23.7 Å². The Balaban J connectivity index is 1.94. The van der Waals surface area contributed by atoms with Crippen molar-refractivity contribution >= 4 is 11.6 Å². The van der Waals surface area contributed by atoms with E-state index in [9.17, 15) is 9.90 Å². The lowest BCUT2D eigenvalue weighted by Crippen LogP contribution is -2.46. The highest BCUT2D eigenvalue weighted by Gasteiger charge is 2.34. The van der Waals surface area contributed by atoms with Gasteiger partial charge in [-0.2, -0.15) is 0 Å². The Morgan fingerprint density at radius 1 is 1.17 bits per heavy atom. The van der Waals surface area contributed by atoms with Crippen LogP contribution in [0, 0.1) is 13.8 Å². The van der Waals surface area contributed by atoms with Crippen molar-refractivity contribution in [2.24, 2.45) is 0 Å². The maximum absolute atomic E-state index is 12.8. The lowest BCUT2D eigenvalue weighted by molar-refractivity contribution is -0.126. The van der Waals surface area contributed by atoms with Gasteiger partial charge in [0.15, 0.2) is 6.10 Å². The molecule has 1 heterocycles. The van der Waals surface area contributed by atoms with Crippen LogP contribution in [0.25, 0.3) is 0 Å². The number of carbonyl (C=O) groups excluding carboxylic acids is 1. The van der Waals surface area contributed by atoms with Gasteiger partial charge in [-0.05, 0) is 44.0 Å². The Morgan fingerprint density at radius 2 is 1.96 bits per heavy atom. The molecule has 4 heteroatoms. The molecule has 23 heavy (non-hydrogen) atoms. The summed E-state index contributed by atoms with van der Waals surface area (Å²) < 4.78 is 5.93. The van der Waals surface area contributed by atoms with Gasteiger partial charge in [-0.3, -0.25) is 4.79 Å². The Kier molecular flexibility index (Phi) is 3.99. The molecule has 0 saturated heterocycles. The number of amides is 1. The number of likely N-dealkylation sites (N-methyl/N-ethyl adjacent to an activating group) is 1. The number of phenols is 1. The molecule has 1 amide bonds. The monoisotopic (exact) mass is 311 g/mol. The normalized spacial score (nSPS) is 16.9. The molecule has 1 aliphatic rings. The minimum absolute atomic E-state index is 0.0634. The first-order valence-electron chi connectivity index (χ1n) is 7.86. The fourth-order valence-corrected chi connectivity index (χ4v) is 2.99. The summed E-state index contributed by atoms with van der Waals surface area (Å²) in [4.78, 5) is 14.4. The summed E-state index contributed by atoms with van der Waals surface area (Å²) in [6.45, 7) is 6.56. The highest BCUT2D eigenvalue weighted by Crippen LogP contribution is 2.37. The number of anilines is 1. The number of benzene rings is 2. The van der Waals surface area contributed by atoms with E-state index in [1.165, 1.54) is 5.56 Å². The summed E-state index contributed by atoms with van der Waals surface area (Å²) >= 11 is 0. The predicted molar refractivity (Wildman–Crippen MR) is 90.2 cm³/mol. The van der Waals surface area contributed by atoms with Crippen LogP contribution < -0.4 is 9.64 Å². The molecule has 1 atom stereocenters. The molecule has 2 aromatic carbocycles. The van der Waals surface area contributed by atoms with Crippen molar-refractivity contribution in [3.05, 3.63) is 53.1 Å². The molecule has 0 radical (unpaired) electrons. The molecule has 4 nitrogen and oxygen atoms in total. The first-order valence-corrected chi connectivity index (χ1v) is 7.86. The molecule has 1 unspecified atom stereocenters. The topological polar surface area (TPSA) is 49.8 Å². The number of aromatic hydroxyl groups is 1. The third kappa shape index (κ3) is 2.89. The summed E-state index contributed by atoms with van der Waals surface area (Å²) in [7, 11) is 0. The molecular formula is C19H21NO3. The number of carbonyl (C=O) groups is 1. The zero-order valence-corrected chi connectivity index (χ0v) is 13.7. The second-order valence-corrected chi connectivity index (χ2v) is 5.98. The van der Waals surface area contributed by atoms with E-state index in [0.29, 0.717) is 24.4 Å². The summed E-state index contributed by atoms with van der Waals surface area (Å²) in [6, 6.07) is 11.1. The number of hydrogen-bond donors (Lipinski definition) is 1. The average molecular weight is 311 g/mol. The third-order valence-electron chi connectivity index (χ3n) is 4.27. The molecule has 0 fully saturated rings. The van der Waals surface area contributed by atoms with Crippen molar-refractivity contribution in [2.45, 2.75) is 33.3 Å². The van der Waals surface area contributed by atoms with Gasteiger partial charge in [0, 0.05) is 19.0 Å². The summed E-state index contributed by atoms with van der Waals surface area (Å²) in [5.74, 6) is 0.706. The fraction of sp³-hybridized carbons (Fsp3) is 0.316. The standard InChI is InChI=1S/C19H21NO3/c1-4-20-16-11-15(21)7-8-17(16)23-18(19(20)22)10-14-9-12(2)5-6-13(14)3/h5-9,11,18,21H,4,10H2,1-3H3. The van der Waals surface area contributed by atoms with Crippen molar-refractivity contribution in [1.82, 2.24) is 0 Å². The number of aryl methyl sites for hydroxylation is 2. The molecule has 120 valence electrons. The van der Waals surface area contributed by atoms with Gasteiger partial charge in [0.25, 0.3) is 5.91 Å². The van der Waals surface area contributed by atoms with Gasteiger partial charge in [0.2, 0.25) is 0 Å². The van der Waals surface area contributed by atoms with E-state index in [1.807, 2.05) is 20.8 Å². The van der Waals surface area contributed by atoms with E-state index in [4.69, 9.17) is 4.74 Å². The first kappa shape index (κ1) is 15.4. The van der Waals surface area contributed by atoms with E-state index in [2.05, 4.69) is 18.2 Å². The number of rotatable bonds is 3. The number of nitrogens with zero attached hydrogens (tertiary/aromatic N) is 1. The largest absolute Gasteiger partial charge is 0.508 e. The van der Waals surface area contributed by atoms with Crippen molar-refractivity contribution in [1.29, 1.82) is 0 Å². The smallest absolute Gasteiger partial charge is 0.268 e. The van der Waals surface area contributed by atoms with E-state index in [-0.39, 0.29) is 11.7 Å². The van der Waals surface area contributed by atoms with Crippen LogP contribution in [0.1, 0.15) is 23.6 Å². The second-order valence-electron chi connectivity index (χ2n) is 5.98. The lowest BCUT2D eigenvalue weighted by Gasteiger charge is -2.34. The predicted octanol–water partition coefficient (Wildman–Crippen LogP) is 3.37. The SMILES string of the molecule is CCN1C(=O)C(Cc2cc(C)ccc2C)Oc2ccc(O)cc21. The van der Waals surface area contributed by atoms with Crippen molar-refractivity contribution in [2.75, 3.05) is 11.4 Å². The number of phenolic OH excluding ortho intramolecular Hbond substituents is 1. The summed E-state index contributed by atoms with van der Waals surface area (Å²) in [5, 5.41) is 9.66. The minimum atomic E-state index is -0.535. The molecule has 0 aromatic heterocycles. The van der Waals surface area contributed by atoms with Crippen LogP contribution in [0.3, 0.4) is 0 Å². The van der Waals surface area contributed by atoms with E-state index >= 15 is 0 Å². The lowest BCUT2D eigenvalue weighted by atomic mass is 9.98. The zero-order chi connectivity index (χ0) is 16.6. The van der Waals surface area contributed by atoms with Gasteiger partial charge in [-0.1, -0.05) is 23.8 Å². The van der Waals surface area contributed by atoms with E-state index in [0.717, 1.165) is 11.1 Å². The van der Waals surface area contributed by atoms with Gasteiger partial charge >= 0.3 is 0 Å². The second kappa shape index (κ2) is 5.95. The molecule has 3 rings (SSSR count). The van der Waals surface area contributed by atoms with Gasteiger partial charge in [-0.25, -0.2) is 0 Å². The number of fused-ring (bicyclic) bond motifs is 1. The fourth-order valence-electron chi connectivity index (χ4n) is 2.99. The molecular weight excluding hydrogens is 290 g/mol. The Bertz CT molecular complexity index is 754. The summed E-state index contributed by atoms with van der Waals surface area (Å²) in [6.07, 6.45) is 0.0101. The quantitative estimate of drug-likeness (QED) is 0.945. The van der Waals surface area contributed by atoms with Gasteiger partial charge < -0.3 is 14.7 Å². The van der Waals surface area contributed by atoms with Crippen LogP contribution in [0.4, 0.5) is 5.69 Å². The van der Waals surface area contributed by atoms with Gasteiger partial charge in [0.1, 0.15) is 11.5 Å². The average Bonchev–Trinajstić information content (AvgIpc) is 2.52. The number of ether oxygens (including phenoxy) is 1. The number of hydrogen-bond acceptors (Lipinski definition) is 3.